The number of benzene rings is 1. The van der Waals surface area contributed by atoms with Crippen LogP contribution in [0.1, 0.15) is 26.7 Å². The fourth-order valence-electron chi connectivity index (χ4n) is 3.56. The summed E-state index contributed by atoms with van der Waals surface area (Å²) in [5.74, 6) is 1.64. The van der Waals surface area contributed by atoms with Crippen molar-refractivity contribution >= 4 is 34.0 Å². The third-order valence-electron chi connectivity index (χ3n) is 4.65. The van der Waals surface area contributed by atoms with Crippen molar-refractivity contribution < 1.29 is 9.53 Å². The number of methoxy groups -OCH3 is 1. The Balaban J connectivity index is 1.41. The maximum atomic E-state index is 11.5. The number of halogens is 1. The van der Waals surface area contributed by atoms with E-state index in [4.69, 9.17) is 11.6 Å². The Labute approximate surface area is 137 Å². The third-order valence-corrected chi connectivity index (χ3v) is 6.03. The van der Waals surface area contributed by atoms with Gasteiger partial charge < -0.3 is 10.1 Å². The van der Waals surface area contributed by atoms with Crippen molar-refractivity contribution in [3.63, 3.8) is 0 Å². The van der Waals surface area contributed by atoms with E-state index in [1.165, 1.54) is 36.0 Å². The number of nitrogens with one attached hydrogen (secondary N) is 1. The van der Waals surface area contributed by atoms with Gasteiger partial charge in [0.1, 0.15) is 0 Å². The summed E-state index contributed by atoms with van der Waals surface area (Å²) in [5, 5.41) is 4.21. The molecule has 4 rings (SSSR count). The molecule has 6 heteroatoms. The molecule has 0 amide bonds. The number of carbonyl (C=O) groups excluding carboxylic acids is 1. The number of aromatic nitrogens is 1. The molecule has 1 heterocycles. The average molecular weight is 335 g/mol. The molecule has 0 saturated heterocycles. The first-order valence-corrected chi connectivity index (χ1v) is 8.45. The number of hydrogen-bond acceptors (Lipinski definition) is 5. The van der Waals surface area contributed by atoms with Gasteiger partial charge in [0.25, 0.3) is 0 Å². The van der Waals surface area contributed by atoms with Gasteiger partial charge in [0.15, 0.2) is 15.2 Å². The van der Waals surface area contributed by atoms with Gasteiger partial charge in [-0.05, 0) is 35.3 Å². The number of thiazole rings is 1. The molecular formula is C16H15ClN2O2S. The topological polar surface area (TPSA) is 51.2 Å². The van der Waals surface area contributed by atoms with Crippen molar-refractivity contribution in [1.82, 2.24) is 4.98 Å². The zero-order valence-corrected chi connectivity index (χ0v) is 13.6. The van der Waals surface area contributed by atoms with Crippen LogP contribution in [0.3, 0.4) is 0 Å². The van der Waals surface area contributed by atoms with E-state index in [1.54, 1.807) is 0 Å². The van der Waals surface area contributed by atoms with Crippen LogP contribution >= 0.6 is 22.9 Å². The summed E-state index contributed by atoms with van der Waals surface area (Å²) in [6.07, 6.45) is 1.18. The number of esters is 1. The zero-order chi connectivity index (χ0) is 15.3. The van der Waals surface area contributed by atoms with Gasteiger partial charge in [0.05, 0.1) is 7.11 Å². The second-order valence-electron chi connectivity index (χ2n) is 5.77. The first-order valence-electron chi connectivity index (χ1n) is 7.25. The van der Waals surface area contributed by atoms with Gasteiger partial charge in [-0.2, -0.15) is 0 Å². The standard InChI is InChI=1S/C16H15ClN2O2S/c1-21-15(20)13-14(17)19-16(22-13)18-7-11-10-6-8-4-2-3-5-9(8)12(10)11/h2-5,10-12H,6-7H2,1H3,(H,18,19). The van der Waals surface area contributed by atoms with Gasteiger partial charge in [0.2, 0.25) is 0 Å². The van der Waals surface area contributed by atoms with Gasteiger partial charge in [-0.25, -0.2) is 9.78 Å². The first-order chi connectivity index (χ1) is 10.7. The minimum absolute atomic E-state index is 0.209. The number of hydrogen-bond donors (Lipinski definition) is 1. The van der Waals surface area contributed by atoms with Crippen LogP contribution in [0.15, 0.2) is 24.3 Å². The maximum Gasteiger partial charge on any atom is 0.351 e. The molecule has 2 aromatic rings. The van der Waals surface area contributed by atoms with E-state index in [0.717, 1.165) is 12.5 Å². The predicted octanol–water partition coefficient (Wildman–Crippen LogP) is 3.58. The highest BCUT2D eigenvalue weighted by Gasteiger charge is 2.54. The zero-order valence-electron chi connectivity index (χ0n) is 12.0. The molecule has 0 spiro atoms. The molecule has 0 bridgehead atoms. The van der Waals surface area contributed by atoms with Crippen LogP contribution in [0.5, 0.6) is 0 Å². The summed E-state index contributed by atoms with van der Waals surface area (Å²) in [6.45, 7) is 0.869. The second-order valence-corrected chi connectivity index (χ2v) is 7.12. The Bertz CT molecular complexity index is 745. The Morgan fingerprint density at radius 2 is 2.32 bits per heavy atom. The fourth-order valence-corrected chi connectivity index (χ4v) is 4.67. The molecule has 1 saturated carbocycles. The molecule has 3 unspecified atom stereocenters. The van der Waals surface area contributed by atoms with Crippen molar-refractivity contribution in [2.45, 2.75) is 12.3 Å². The molecule has 0 radical (unpaired) electrons. The van der Waals surface area contributed by atoms with Crippen molar-refractivity contribution in [2.24, 2.45) is 11.8 Å². The molecule has 2 aliphatic carbocycles. The molecule has 1 N–H and O–H groups in total. The van der Waals surface area contributed by atoms with E-state index in [2.05, 4.69) is 39.3 Å². The highest BCUT2D eigenvalue weighted by atomic mass is 35.5. The van der Waals surface area contributed by atoms with Crippen LogP contribution < -0.4 is 5.32 Å². The van der Waals surface area contributed by atoms with Gasteiger partial charge in [-0.3, -0.25) is 0 Å². The third kappa shape index (κ3) is 2.20. The summed E-state index contributed by atoms with van der Waals surface area (Å²) in [5.41, 5.74) is 3.01. The minimum atomic E-state index is -0.437. The van der Waals surface area contributed by atoms with Crippen molar-refractivity contribution in [1.29, 1.82) is 0 Å². The maximum absolute atomic E-state index is 11.5. The molecule has 0 aliphatic heterocycles. The van der Waals surface area contributed by atoms with Crippen molar-refractivity contribution in [3.8, 4) is 0 Å². The molecule has 3 atom stereocenters. The molecule has 1 fully saturated rings. The van der Waals surface area contributed by atoms with E-state index in [-0.39, 0.29) is 5.15 Å². The van der Waals surface area contributed by atoms with Gasteiger partial charge in [-0.15, -0.1) is 0 Å². The Kier molecular flexibility index (Phi) is 3.35. The van der Waals surface area contributed by atoms with E-state index >= 15 is 0 Å². The van der Waals surface area contributed by atoms with Gasteiger partial charge in [0, 0.05) is 6.54 Å². The van der Waals surface area contributed by atoms with E-state index in [0.29, 0.717) is 21.8 Å². The lowest BCUT2D eigenvalue weighted by atomic mass is 10.0. The number of fused-ring (bicyclic) bond motifs is 3. The molecule has 1 aromatic heterocycles. The van der Waals surface area contributed by atoms with Crippen LogP contribution in [0.2, 0.25) is 5.15 Å². The van der Waals surface area contributed by atoms with Crippen molar-refractivity contribution in [3.05, 3.63) is 45.4 Å². The quantitative estimate of drug-likeness (QED) is 0.868. The van der Waals surface area contributed by atoms with E-state index in [9.17, 15) is 4.79 Å². The average Bonchev–Trinajstić information content (AvgIpc) is 2.89. The van der Waals surface area contributed by atoms with Gasteiger partial charge >= 0.3 is 5.97 Å². The van der Waals surface area contributed by atoms with Crippen LogP contribution in [-0.4, -0.2) is 24.6 Å². The largest absolute Gasteiger partial charge is 0.465 e. The molecule has 1 aromatic carbocycles. The molecule has 4 nitrogen and oxygen atoms in total. The van der Waals surface area contributed by atoms with Gasteiger partial charge in [-0.1, -0.05) is 47.2 Å². The normalized spacial score (nSPS) is 24.5. The molecular weight excluding hydrogens is 320 g/mol. The van der Waals surface area contributed by atoms with Crippen LogP contribution in [0.25, 0.3) is 0 Å². The minimum Gasteiger partial charge on any atom is -0.465 e. The van der Waals surface area contributed by atoms with E-state index < -0.39 is 5.97 Å². The lowest BCUT2D eigenvalue weighted by molar-refractivity contribution is 0.0606. The fraction of sp³-hybridized carbons (Fsp3) is 0.375. The predicted molar refractivity (Wildman–Crippen MR) is 86.8 cm³/mol. The Morgan fingerprint density at radius 1 is 1.50 bits per heavy atom. The number of anilines is 1. The SMILES string of the molecule is COC(=O)c1sc(NCC2C3Cc4ccccc4C23)nc1Cl. The number of ether oxygens (including phenoxy) is 1. The number of nitrogens with zero attached hydrogens (tertiary/aromatic N) is 1. The number of carbonyl (C=O) groups is 1. The summed E-state index contributed by atoms with van der Waals surface area (Å²) in [6, 6.07) is 8.71. The van der Waals surface area contributed by atoms with Crippen LogP contribution in [0, 0.1) is 11.8 Å². The Morgan fingerprint density at radius 3 is 3.14 bits per heavy atom. The number of rotatable bonds is 4. The first kappa shape index (κ1) is 14.0. The highest BCUT2D eigenvalue weighted by molar-refractivity contribution is 7.18. The summed E-state index contributed by atoms with van der Waals surface area (Å²) in [7, 11) is 1.34. The highest BCUT2D eigenvalue weighted by Crippen LogP contribution is 2.61. The van der Waals surface area contributed by atoms with Crippen LogP contribution in [0.4, 0.5) is 5.13 Å². The lowest BCUT2D eigenvalue weighted by Crippen LogP contribution is -2.07. The molecule has 2 aliphatic rings. The lowest BCUT2D eigenvalue weighted by Gasteiger charge is -2.07. The Hall–Kier alpha value is -1.59. The smallest absolute Gasteiger partial charge is 0.351 e. The van der Waals surface area contributed by atoms with E-state index in [1.807, 2.05) is 0 Å². The summed E-state index contributed by atoms with van der Waals surface area (Å²) in [4.78, 5) is 16.1. The van der Waals surface area contributed by atoms with Crippen LogP contribution in [-0.2, 0) is 11.2 Å². The second kappa shape index (κ2) is 5.25. The summed E-state index contributed by atoms with van der Waals surface area (Å²) >= 11 is 7.22. The monoisotopic (exact) mass is 334 g/mol. The van der Waals surface area contributed by atoms with Crippen molar-refractivity contribution in [2.75, 3.05) is 19.0 Å². The summed E-state index contributed by atoms with van der Waals surface area (Å²) < 4.78 is 4.69. The molecule has 22 heavy (non-hydrogen) atoms. The molecule has 114 valence electrons.